The average Bonchev–Trinajstić information content (AvgIpc) is 3.39. The lowest BCUT2D eigenvalue weighted by Gasteiger charge is -2.13. The van der Waals surface area contributed by atoms with Crippen molar-refractivity contribution in [3.8, 4) is 0 Å². The van der Waals surface area contributed by atoms with Gasteiger partial charge >= 0.3 is 5.97 Å². The van der Waals surface area contributed by atoms with Crippen molar-refractivity contribution < 1.29 is 9.90 Å². The van der Waals surface area contributed by atoms with Crippen molar-refractivity contribution >= 4 is 32.7 Å². The lowest BCUT2D eigenvalue weighted by atomic mass is 9.97. The number of hydrogen-bond donors (Lipinski definition) is 1. The number of aromatic nitrogens is 3. The molecule has 3 aromatic rings. The van der Waals surface area contributed by atoms with Crippen LogP contribution in [0.3, 0.4) is 0 Å². The number of aryl methyl sites for hydroxylation is 1. The summed E-state index contributed by atoms with van der Waals surface area (Å²) in [6.45, 7) is 0.619. The second kappa shape index (κ2) is 7.58. The average molecular weight is 416 g/mol. The van der Waals surface area contributed by atoms with Crippen molar-refractivity contribution in [2.75, 3.05) is 0 Å². The molecule has 0 amide bonds. The molecule has 0 radical (unpaired) electrons. The van der Waals surface area contributed by atoms with Crippen LogP contribution in [0.5, 0.6) is 0 Å². The Kier molecular flexibility index (Phi) is 5.41. The van der Waals surface area contributed by atoms with E-state index >= 15 is 0 Å². The van der Waals surface area contributed by atoms with E-state index in [2.05, 4.69) is 62.5 Å². The number of fused-ring (bicyclic) bond motifs is 1. The third-order valence-electron chi connectivity index (χ3n) is 4.74. The van der Waals surface area contributed by atoms with Gasteiger partial charge in [0.1, 0.15) is 5.82 Å². The minimum absolute atomic E-state index is 0. The number of carboxylic acid groups (broad SMARTS) is 1. The van der Waals surface area contributed by atoms with Crippen LogP contribution in [0, 0.1) is 0 Å². The minimum atomic E-state index is -0.829. The van der Waals surface area contributed by atoms with Gasteiger partial charge in [0.2, 0.25) is 0 Å². The highest BCUT2D eigenvalue weighted by atomic mass is 79.9. The number of benzene rings is 2. The Morgan fingerprint density at radius 1 is 1.15 bits per heavy atom. The third kappa shape index (κ3) is 3.65. The van der Waals surface area contributed by atoms with Crippen molar-refractivity contribution in [1.29, 1.82) is 0 Å². The smallest absolute Gasteiger partial charge is 0.303 e. The van der Waals surface area contributed by atoms with E-state index in [1.807, 2.05) is 4.57 Å². The summed E-state index contributed by atoms with van der Waals surface area (Å²) >= 11 is 3.44. The van der Waals surface area contributed by atoms with Crippen LogP contribution in [-0.2, 0) is 17.8 Å². The summed E-state index contributed by atoms with van der Waals surface area (Å²) in [5.41, 5.74) is 2.63. The van der Waals surface area contributed by atoms with Crippen LogP contribution in [0.15, 0.2) is 41.1 Å². The van der Waals surface area contributed by atoms with Gasteiger partial charge in [-0.25, -0.2) is 0 Å². The molecule has 0 unspecified atom stereocenters. The Morgan fingerprint density at radius 3 is 2.58 bits per heavy atom. The summed E-state index contributed by atoms with van der Waals surface area (Å²) < 4.78 is 2.57. The van der Waals surface area contributed by atoms with Gasteiger partial charge in [-0.1, -0.05) is 43.8 Å². The molecule has 1 heterocycles. The van der Waals surface area contributed by atoms with Gasteiger partial charge in [0.15, 0.2) is 4.73 Å². The molecule has 1 aliphatic rings. The maximum atomic E-state index is 10.9. The first kappa shape index (κ1) is 18.6. The molecule has 4 rings (SSSR count). The van der Waals surface area contributed by atoms with Crippen LogP contribution in [0.1, 0.15) is 49.6 Å². The van der Waals surface area contributed by atoms with E-state index in [4.69, 9.17) is 5.11 Å². The van der Waals surface area contributed by atoms with E-state index in [1.165, 1.54) is 34.7 Å². The van der Waals surface area contributed by atoms with Gasteiger partial charge < -0.3 is 9.67 Å². The molecular weight excluding hydrogens is 394 g/mol. The summed E-state index contributed by atoms with van der Waals surface area (Å²) in [7, 11) is 0. The van der Waals surface area contributed by atoms with Crippen LogP contribution >= 0.6 is 15.9 Å². The zero-order valence-electron chi connectivity index (χ0n) is 13.7. The molecule has 1 fully saturated rings. The number of rotatable bonds is 6. The highest BCUT2D eigenvalue weighted by Gasteiger charge is 2.25. The van der Waals surface area contributed by atoms with Gasteiger partial charge in [0, 0.05) is 6.42 Å². The molecule has 136 valence electrons. The number of aliphatic carboxylic acids is 1. The second-order valence-corrected chi connectivity index (χ2v) is 7.21. The number of halogens is 1. The Labute approximate surface area is 161 Å². The minimum Gasteiger partial charge on any atom is -0.481 e. The van der Waals surface area contributed by atoms with Crippen molar-refractivity contribution in [2.24, 2.45) is 0 Å². The van der Waals surface area contributed by atoms with Gasteiger partial charge in [0.25, 0.3) is 0 Å². The first-order chi connectivity index (χ1) is 12.1. The van der Waals surface area contributed by atoms with E-state index in [9.17, 15) is 4.79 Å². The quantitative estimate of drug-likeness (QED) is 0.629. The van der Waals surface area contributed by atoms with Crippen LogP contribution in [0.2, 0.25) is 0 Å². The Morgan fingerprint density at radius 2 is 1.88 bits per heavy atom. The zero-order valence-corrected chi connectivity index (χ0v) is 15.2. The van der Waals surface area contributed by atoms with E-state index in [0.717, 1.165) is 0 Å². The van der Waals surface area contributed by atoms with Crippen molar-refractivity contribution in [3.05, 3.63) is 58.1 Å². The highest BCUT2D eigenvalue weighted by molar-refractivity contribution is 9.10. The molecule has 6 heteroatoms. The number of nitrogens with zero attached hydrogens (tertiary/aromatic N) is 3. The number of hydrogen-bond acceptors (Lipinski definition) is 3. The summed E-state index contributed by atoms with van der Waals surface area (Å²) in [5, 5.41) is 19.7. The molecule has 0 saturated heterocycles. The summed E-state index contributed by atoms with van der Waals surface area (Å²) in [4.78, 5) is 10.9. The maximum absolute atomic E-state index is 10.9. The number of carboxylic acids is 1. The van der Waals surface area contributed by atoms with Crippen LogP contribution in [0.4, 0.5) is 0 Å². The predicted molar refractivity (Wildman–Crippen MR) is 105 cm³/mol. The standard InChI is InChI=1S/C19H18BrN3O2.CH4/c20-19-22-21-17(9-10-18(24)25)23(19)11-13-7-8-15(12-5-6-12)16-4-2-1-3-14(13)16;/h1-4,7-8,12H,5-6,9-11H2,(H,24,25);1H4. The molecule has 5 nitrogen and oxygen atoms in total. The monoisotopic (exact) mass is 415 g/mol. The highest BCUT2D eigenvalue weighted by Crippen LogP contribution is 2.43. The van der Waals surface area contributed by atoms with Crippen LogP contribution < -0.4 is 0 Å². The van der Waals surface area contributed by atoms with E-state index in [1.54, 1.807) is 0 Å². The predicted octanol–water partition coefficient (Wildman–Crippen LogP) is 4.77. The van der Waals surface area contributed by atoms with Crippen molar-refractivity contribution in [3.63, 3.8) is 0 Å². The molecule has 1 aliphatic carbocycles. The van der Waals surface area contributed by atoms with Gasteiger partial charge in [-0.3, -0.25) is 4.79 Å². The molecular formula is C20H22BrN3O2. The lowest BCUT2D eigenvalue weighted by molar-refractivity contribution is -0.137. The first-order valence-electron chi connectivity index (χ1n) is 8.43. The van der Waals surface area contributed by atoms with E-state index < -0.39 is 5.97 Å². The fourth-order valence-electron chi connectivity index (χ4n) is 3.32. The molecule has 0 atom stereocenters. The fraction of sp³-hybridized carbons (Fsp3) is 0.350. The molecule has 0 bridgehead atoms. The molecule has 26 heavy (non-hydrogen) atoms. The summed E-state index contributed by atoms with van der Waals surface area (Å²) in [6, 6.07) is 12.9. The van der Waals surface area contributed by atoms with Crippen LogP contribution in [0.25, 0.3) is 10.8 Å². The first-order valence-corrected chi connectivity index (χ1v) is 9.22. The SMILES string of the molecule is C.O=C(O)CCc1nnc(Br)n1Cc1ccc(C2CC2)c2ccccc12. The third-order valence-corrected chi connectivity index (χ3v) is 5.33. The van der Waals surface area contributed by atoms with Crippen LogP contribution in [-0.4, -0.2) is 25.8 Å². The Balaban J connectivity index is 0.00000196. The normalized spacial score (nSPS) is 13.6. The van der Waals surface area contributed by atoms with E-state index in [-0.39, 0.29) is 13.8 Å². The largest absolute Gasteiger partial charge is 0.481 e. The van der Waals surface area contributed by atoms with Gasteiger partial charge in [0.05, 0.1) is 13.0 Å². The second-order valence-electron chi connectivity index (χ2n) is 6.50. The maximum Gasteiger partial charge on any atom is 0.303 e. The summed E-state index contributed by atoms with van der Waals surface area (Å²) in [5.74, 6) is 0.557. The van der Waals surface area contributed by atoms with Gasteiger partial charge in [-0.15, -0.1) is 10.2 Å². The van der Waals surface area contributed by atoms with Crippen molar-refractivity contribution in [1.82, 2.24) is 14.8 Å². The lowest BCUT2D eigenvalue weighted by Crippen LogP contribution is -2.08. The molecule has 0 aliphatic heterocycles. The molecule has 2 aromatic carbocycles. The fourth-order valence-corrected chi connectivity index (χ4v) is 3.73. The molecule has 1 saturated carbocycles. The van der Waals surface area contributed by atoms with Gasteiger partial charge in [-0.2, -0.15) is 0 Å². The Bertz CT molecular complexity index is 947. The molecule has 1 N–H and O–H groups in total. The Hall–Kier alpha value is -2.21. The van der Waals surface area contributed by atoms with Gasteiger partial charge in [-0.05, 0) is 56.6 Å². The van der Waals surface area contributed by atoms with Crippen molar-refractivity contribution in [2.45, 2.75) is 45.6 Å². The topological polar surface area (TPSA) is 68.0 Å². The molecule has 0 spiro atoms. The zero-order chi connectivity index (χ0) is 17.4. The van der Waals surface area contributed by atoms with E-state index in [0.29, 0.717) is 29.4 Å². The molecule has 1 aromatic heterocycles. The summed E-state index contributed by atoms with van der Waals surface area (Å²) in [6.07, 6.45) is 2.97. The number of carbonyl (C=O) groups is 1.